The zero-order chi connectivity index (χ0) is 17.6. The first kappa shape index (κ1) is 17.3. The molecule has 0 unspecified atom stereocenters. The van der Waals surface area contributed by atoms with E-state index in [1.807, 2.05) is 19.9 Å². The van der Waals surface area contributed by atoms with Crippen molar-refractivity contribution < 1.29 is 4.79 Å². The zero-order valence-electron chi connectivity index (χ0n) is 15.0. The number of pyridine rings is 1. The molecule has 5 nitrogen and oxygen atoms in total. The van der Waals surface area contributed by atoms with Crippen LogP contribution in [0.1, 0.15) is 43.6 Å². The Morgan fingerprint density at radius 2 is 1.68 bits per heavy atom. The maximum absolute atomic E-state index is 11.9. The number of anilines is 3. The summed E-state index contributed by atoms with van der Waals surface area (Å²) >= 11 is 0. The minimum Gasteiger partial charge on any atom is -0.372 e. The van der Waals surface area contributed by atoms with Crippen molar-refractivity contribution in [2.45, 2.75) is 39.2 Å². The number of rotatable bonds is 5. The number of carbonyl (C=O) groups is 1. The number of hydrogen-bond acceptors (Lipinski definition) is 4. The molecule has 2 heterocycles. The molecule has 1 aromatic carbocycles. The highest BCUT2D eigenvalue weighted by Gasteiger charge is 2.11. The second kappa shape index (κ2) is 8.01. The van der Waals surface area contributed by atoms with E-state index in [4.69, 9.17) is 0 Å². The summed E-state index contributed by atoms with van der Waals surface area (Å²) in [5.74, 6) is -0.146. The molecule has 0 saturated carbocycles. The van der Waals surface area contributed by atoms with Crippen molar-refractivity contribution in [2.24, 2.45) is 0 Å². The van der Waals surface area contributed by atoms with Crippen LogP contribution in [0.15, 0.2) is 42.6 Å². The van der Waals surface area contributed by atoms with Gasteiger partial charge in [0, 0.05) is 30.5 Å². The Labute approximate surface area is 149 Å². The molecule has 0 aliphatic carbocycles. The van der Waals surface area contributed by atoms with Gasteiger partial charge in [-0.3, -0.25) is 4.79 Å². The normalized spacial score (nSPS) is 14.4. The lowest BCUT2D eigenvalue weighted by Gasteiger charge is -2.28. The first-order valence-electron chi connectivity index (χ1n) is 9.01. The highest BCUT2D eigenvalue weighted by Crippen LogP contribution is 2.23. The lowest BCUT2D eigenvalue weighted by Crippen LogP contribution is -2.30. The van der Waals surface area contributed by atoms with E-state index in [0.29, 0.717) is 5.69 Å². The SMILES string of the molecule is CC(C)NC(=O)c1ccc(Nc2ccc(N3CCCCC3)cc2)cn1. The number of nitrogens with one attached hydrogen (secondary N) is 2. The fraction of sp³-hybridized carbons (Fsp3) is 0.400. The number of nitrogens with zero attached hydrogens (tertiary/aromatic N) is 2. The number of amides is 1. The summed E-state index contributed by atoms with van der Waals surface area (Å²) in [6, 6.07) is 12.2. The molecule has 0 radical (unpaired) electrons. The number of benzene rings is 1. The van der Waals surface area contributed by atoms with Crippen LogP contribution >= 0.6 is 0 Å². The Hall–Kier alpha value is -2.56. The van der Waals surface area contributed by atoms with Gasteiger partial charge in [-0.05, 0) is 69.5 Å². The standard InChI is InChI=1S/C20H26N4O/c1-15(2)22-20(25)19-11-8-17(14-21-19)23-16-6-9-18(10-7-16)24-12-4-3-5-13-24/h6-11,14-15,23H,3-5,12-13H2,1-2H3,(H,22,25). The molecule has 3 rings (SSSR count). The minimum absolute atomic E-state index is 0.102. The van der Waals surface area contributed by atoms with Gasteiger partial charge in [0.05, 0.1) is 11.9 Å². The Morgan fingerprint density at radius 1 is 1.00 bits per heavy atom. The third-order valence-electron chi connectivity index (χ3n) is 4.29. The summed E-state index contributed by atoms with van der Waals surface area (Å²) in [6.07, 6.45) is 5.59. The quantitative estimate of drug-likeness (QED) is 0.866. The van der Waals surface area contributed by atoms with Crippen LogP contribution in [0.3, 0.4) is 0 Å². The van der Waals surface area contributed by atoms with Crippen molar-refractivity contribution >= 4 is 23.0 Å². The van der Waals surface area contributed by atoms with Gasteiger partial charge in [-0.1, -0.05) is 0 Å². The van der Waals surface area contributed by atoms with Crippen molar-refractivity contribution in [1.29, 1.82) is 0 Å². The van der Waals surface area contributed by atoms with E-state index in [1.165, 1.54) is 24.9 Å². The average Bonchev–Trinajstić information content (AvgIpc) is 2.63. The number of aromatic nitrogens is 1. The van der Waals surface area contributed by atoms with Gasteiger partial charge in [-0.25, -0.2) is 4.98 Å². The molecule has 25 heavy (non-hydrogen) atoms. The van der Waals surface area contributed by atoms with Crippen molar-refractivity contribution in [3.8, 4) is 0 Å². The van der Waals surface area contributed by atoms with Crippen LogP contribution in [0.25, 0.3) is 0 Å². The lowest BCUT2D eigenvalue weighted by molar-refractivity contribution is 0.0938. The van der Waals surface area contributed by atoms with E-state index in [0.717, 1.165) is 24.5 Å². The van der Waals surface area contributed by atoms with Gasteiger partial charge in [0.15, 0.2) is 0 Å². The summed E-state index contributed by atoms with van der Waals surface area (Å²) in [7, 11) is 0. The largest absolute Gasteiger partial charge is 0.372 e. The monoisotopic (exact) mass is 338 g/mol. The molecule has 0 atom stereocenters. The maximum Gasteiger partial charge on any atom is 0.270 e. The van der Waals surface area contributed by atoms with Crippen molar-refractivity contribution in [2.75, 3.05) is 23.3 Å². The summed E-state index contributed by atoms with van der Waals surface area (Å²) in [5, 5.41) is 6.17. The summed E-state index contributed by atoms with van der Waals surface area (Å²) in [4.78, 5) is 18.6. The van der Waals surface area contributed by atoms with Crippen molar-refractivity contribution in [1.82, 2.24) is 10.3 Å². The van der Waals surface area contributed by atoms with Crippen LogP contribution in [0.2, 0.25) is 0 Å². The lowest BCUT2D eigenvalue weighted by atomic mass is 10.1. The minimum atomic E-state index is -0.146. The smallest absolute Gasteiger partial charge is 0.270 e. The Balaban J connectivity index is 1.61. The first-order chi connectivity index (χ1) is 12.1. The molecule has 1 fully saturated rings. The third-order valence-corrected chi connectivity index (χ3v) is 4.29. The fourth-order valence-electron chi connectivity index (χ4n) is 3.01. The first-order valence-corrected chi connectivity index (χ1v) is 9.01. The van der Waals surface area contributed by atoms with E-state index >= 15 is 0 Å². The van der Waals surface area contributed by atoms with Crippen LogP contribution in [0.4, 0.5) is 17.1 Å². The Morgan fingerprint density at radius 3 is 2.28 bits per heavy atom. The fourth-order valence-corrected chi connectivity index (χ4v) is 3.01. The molecule has 132 valence electrons. The van der Waals surface area contributed by atoms with Crippen LogP contribution in [-0.4, -0.2) is 30.0 Å². The summed E-state index contributed by atoms with van der Waals surface area (Å²) in [5.41, 5.74) is 3.59. The molecular formula is C20H26N4O. The van der Waals surface area contributed by atoms with Crippen molar-refractivity contribution in [3.63, 3.8) is 0 Å². The number of carbonyl (C=O) groups excluding carboxylic acids is 1. The van der Waals surface area contributed by atoms with Gasteiger partial charge in [-0.15, -0.1) is 0 Å². The average molecular weight is 338 g/mol. The summed E-state index contributed by atoms with van der Waals surface area (Å²) < 4.78 is 0. The molecule has 2 aromatic rings. The molecule has 5 heteroatoms. The van der Waals surface area contributed by atoms with Gasteiger partial charge in [-0.2, -0.15) is 0 Å². The Kier molecular flexibility index (Phi) is 5.53. The molecule has 0 bridgehead atoms. The Bertz CT molecular complexity index is 689. The van der Waals surface area contributed by atoms with Gasteiger partial charge >= 0.3 is 0 Å². The van der Waals surface area contributed by atoms with E-state index in [9.17, 15) is 4.79 Å². The van der Waals surface area contributed by atoms with E-state index in [2.05, 4.69) is 44.8 Å². The molecule has 1 amide bonds. The summed E-state index contributed by atoms with van der Waals surface area (Å²) in [6.45, 7) is 6.16. The predicted molar refractivity (Wildman–Crippen MR) is 103 cm³/mol. The van der Waals surface area contributed by atoms with Gasteiger partial charge < -0.3 is 15.5 Å². The molecule has 2 N–H and O–H groups in total. The zero-order valence-corrected chi connectivity index (χ0v) is 15.0. The van der Waals surface area contributed by atoms with E-state index in [1.54, 1.807) is 12.3 Å². The second-order valence-electron chi connectivity index (χ2n) is 6.78. The molecule has 1 aromatic heterocycles. The third kappa shape index (κ3) is 4.72. The van der Waals surface area contributed by atoms with E-state index < -0.39 is 0 Å². The number of piperidine rings is 1. The van der Waals surface area contributed by atoms with E-state index in [-0.39, 0.29) is 11.9 Å². The van der Waals surface area contributed by atoms with Gasteiger partial charge in [0.2, 0.25) is 0 Å². The highest BCUT2D eigenvalue weighted by atomic mass is 16.1. The van der Waals surface area contributed by atoms with Crippen LogP contribution in [0.5, 0.6) is 0 Å². The highest BCUT2D eigenvalue weighted by molar-refractivity contribution is 5.92. The second-order valence-corrected chi connectivity index (χ2v) is 6.78. The van der Waals surface area contributed by atoms with Crippen molar-refractivity contribution in [3.05, 3.63) is 48.3 Å². The molecular weight excluding hydrogens is 312 g/mol. The molecule has 0 spiro atoms. The van der Waals surface area contributed by atoms with Crippen LogP contribution in [0, 0.1) is 0 Å². The number of hydrogen-bond donors (Lipinski definition) is 2. The van der Waals surface area contributed by atoms with Crippen LogP contribution < -0.4 is 15.5 Å². The topological polar surface area (TPSA) is 57.3 Å². The maximum atomic E-state index is 11.9. The molecule has 1 saturated heterocycles. The van der Waals surface area contributed by atoms with Crippen LogP contribution in [-0.2, 0) is 0 Å². The van der Waals surface area contributed by atoms with Gasteiger partial charge in [0.1, 0.15) is 5.69 Å². The molecule has 1 aliphatic rings. The van der Waals surface area contributed by atoms with Gasteiger partial charge in [0.25, 0.3) is 5.91 Å². The predicted octanol–water partition coefficient (Wildman–Crippen LogP) is 3.95. The molecule has 1 aliphatic heterocycles.